The maximum Gasteiger partial charge on any atom is 0.273 e. The zero-order valence-electron chi connectivity index (χ0n) is 16.1. The molecule has 1 unspecified atom stereocenters. The van der Waals surface area contributed by atoms with Gasteiger partial charge in [0, 0.05) is 24.7 Å². The first-order valence-electron chi connectivity index (χ1n) is 9.27. The highest BCUT2D eigenvalue weighted by atomic mass is 16.6. The summed E-state index contributed by atoms with van der Waals surface area (Å²) in [5.41, 5.74) is 1.30. The van der Waals surface area contributed by atoms with E-state index in [-0.39, 0.29) is 23.9 Å². The second-order valence-electron chi connectivity index (χ2n) is 6.46. The lowest BCUT2D eigenvalue weighted by molar-refractivity contribution is -0.385. The van der Waals surface area contributed by atoms with Gasteiger partial charge in [0.2, 0.25) is 11.8 Å². The summed E-state index contributed by atoms with van der Waals surface area (Å²) < 4.78 is 0. The average Bonchev–Trinajstić information content (AvgIpc) is 2.69. The largest absolute Gasteiger partial charge is 0.355 e. The molecule has 0 saturated heterocycles. The van der Waals surface area contributed by atoms with Crippen molar-refractivity contribution in [2.45, 2.75) is 32.7 Å². The van der Waals surface area contributed by atoms with Crippen molar-refractivity contribution in [3.63, 3.8) is 0 Å². The number of benzene rings is 2. The van der Waals surface area contributed by atoms with Crippen molar-refractivity contribution >= 4 is 17.5 Å². The Labute approximate surface area is 164 Å². The first kappa shape index (κ1) is 21.1. The Bertz CT molecular complexity index is 823. The number of amides is 2. The SMILES string of the molecule is CCNC(=O)C(C)N(CCc1ccccc1)C(=O)Cc1ccccc1[N+](=O)[O-]. The molecular formula is C21H25N3O4. The van der Waals surface area contributed by atoms with Crippen molar-refractivity contribution in [1.82, 2.24) is 10.2 Å². The Kier molecular flexibility index (Phi) is 7.68. The zero-order chi connectivity index (χ0) is 20.5. The molecule has 2 aromatic carbocycles. The van der Waals surface area contributed by atoms with E-state index in [0.29, 0.717) is 25.1 Å². The Morgan fingerprint density at radius 3 is 2.39 bits per heavy atom. The number of likely N-dealkylation sites (N-methyl/N-ethyl adjacent to an activating group) is 1. The highest BCUT2D eigenvalue weighted by Gasteiger charge is 2.27. The van der Waals surface area contributed by atoms with Crippen molar-refractivity contribution in [2.24, 2.45) is 0 Å². The number of nitrogens with zero attached hydrogens (tertiary/aromatic N) is 2. The van der Waals surface area contributed by atoms with Gasteiger partial charge in [-0.05, 0) is 25.8 Å². The third-order valence-corrected chi connectivity index (χ3v) is 4.53. The van der Waals surface area contributed by atoms with E-state index in [9.17, 15) is 19.7 Å². The fourth-order valence-corrected chi connectivity index (χ4v) is 2.99. The molecular weight excluding hydrogens is 358 g/mol. The van der Waals surface area contributed by atoms with Crippen LogP contribution in [0.3, 0.4) is 0 Å². The molecule has 2 aromatic rings. The lowest BCUT2D eigenvalue weighted by Crippen LogP contribution is -2.49. The van der Waals surface area contributed by atoms with Crippen LogP contribution in [-0.2, 0) is 22.4 Å². The van der Waals surface area contributed by atoms with Gasteiger partial charge in [-0.2, -0.15) is 0 Å². The first-order valence-corrected chi connectivity index (χ1v) is 9.27. The van der Waals surface area contributed by atoms with Gasteiger partial charge in [-0.25, -0.2) is 0 Å². The Morgan fingerprint density at radius 2 is 1.75 bits per heavy atom. The summed E-state index contributed by atoms with van der Waals surface area (Å²) >= 11 is 0. The normalized spacial score (nSPS) is 11.5. The Morgan fingerprint density at radius 1 is 1.11 bits per heavy atom. The lowest BCUT2D eigenvalue weighted by atomic mass is 10.1. The van der Waals surface area contributed by atoms with Gasteiger partial charge in [0.1, 0.15) is 6.04 Å². The Balaban J connectivity index is 2.20. The maximum absolute atomic E-state index is 13.0. The number of hydrogen-bond donors (Lipinski definition) is 1. The summed E-state index contributed by atoms with van der Waals surface area (Å²) in [6, 6.07) is 15.2. The Hall–Kier alpha value is -3.22. The van der Waals surface area contributed by atoms with Crippen molar-refractivity contribution < 1.29 is 14.5 Å². The van der Waals surface area contributed by atoms with Gasteiger partial charge in [0.25, 0.3) is 5.69 Å². The first-order chi connectivity index (χ1) is 13.4. The summed E-state index contributed by atoms with van der Waals surface area (Å²) in [6.07, 6.45) is 0.461. The molecule has 7 heteroatoms. The average molecular weight is 383 g/mol. The maximum atomic E-state index is 13.0. The second kappa shape index (κ2) is 10.2. The molecule has 0 aromatic heterocycles. The van der Waals surface area contributed by atoms with Crippen LogP contribution >= 0.6 is 0 Å². The highest BCUT2D eigenvalue weighted by Crippen LogP contribution is 2.19. The minimum atomic E-state index is -0.668. The molecule has 7 nitrogen and oxygen atoms in total. The molecule has 0 aliphatic rings. The van der Waals surface area contributed by atoms with E-state index in [2.05, 4.69) is 5.32 Å². The van der Waals surface area contributed by atoms with Gasteiger partial charge in [-0.15, -0.1) is 0 Å². The molecule has 1 atom stereocenters. The number of carbonyl (C=O) groups excluding carboxylic acids is 2. The third-order valence-electron chi connectivity index (χ3n) is 4.53. The fraction of sp³-hybridized carbons (Fsp3) is 0.333. The van der Waals surface area contributed by atoms with Crippen LogP contribution in [0.25, 0.3) is 0 Å². The molecule has 1 N–H and O–H groups in total. The van der Waals surface area contributed by atoms with Crippen molar-refractivity contribution in [3.8, 4) is 0 Å². The van der Waals surface area contributed by atoms with Crippen LogP contribution < -0.4 is 5.32 Å². The smallest absolute Gasteiger partial charge is 0.273 e. The number of carbonyl (C=O) groups is 2. The number of hydrogen-bond acceptors (Lipinski definition) is 4. The number of para-hydroxylation sites is 1. The van der Waals surface area contributed by atoms with E-state index in [1.54, 1.807) is 25.1 Å². The molecule has 0 fully saturated rings. The number of nitrogens with one attached hydrogen (secondary N) is 1. The van der Waals surface area contributed by atoms with Gasteiger partial charge in [0.15, 0.2) is 0 Å². The number of nitro benzene ring substituents is 1. The standard InChI is InChI=1S/C21H25N3O4/c1-3-22-21(26)16(2)23(14-13-17-9-5-4-6-10-17)20(25)15-18-11-7-8-12-19(18)24(27)28/h4-12,16H,3,13-15H2,1-2H3,(H,22,26). The molecule has 0 aliphatic carbocycles. The van der Waals surface area contributed by atoms with Crippen LogP contribution in [0.1, 0.15) is 25.0 Å². The summed E-state index contributed by atoms with van der Waals surface area (Å²) in [5, 5.41) is 14.0. The molecule has 2 rings (SSSR count). The van der Waals surface area contributed by atoms with E-state index < -0.39 is 11.0 Å². The third kappa shape index (κ3) is 5.64. The molecule has 2 amide bonds. The van der Waals surface area contributed by atoms with Gasteiger partial charge in [-0.3, -0.25) is 19.7 Å². The van der Waals surface area contributed by atoms with Crippen LogP contribution in [-0.4, -0.2) is 40.8 Å². The molecule has 28 heavy (non-hydrogen) atoms. The molecule has 0 aliphatic heterocycles. The minimum absolute atomic E-state index is 0.0930. The quantitative estimate of drug-likeness (QED) is 0.532. The zero-order valence-corrected chi connectivity index (χ0v) is 16.1. The molecule has 0 spiro atoms. The van der Waals surface area contributed by atoms with Crippen molar-refractivity contribution in [1.29, 1.82) is 0 Å². The van der Waals surface area contributed by atoms with E-state index in [0.717, 1.165) is 5.56 Å². The van der Waals surface area contributed by atoms with Crippen LogP contribution in [0, 0.1) is 10.1 Å². The van der Waals surface area contributed by atoms with Crippen LogP contribution in [0.5, 0.6) is 0 Å². The summed E-state index contributed by atoms with van der Waals surface area (Å²) in [7, 11) is 0. The van der Waals surface area contributed by atoms with Gasteiger partial charge in [-0.1, -0.05) is 48.5 Å². The molecule has 0 radical (unpaired) electrons. The number of rotatable bonds is 9. The molecule has 0 bridgehead atoms. The molecule has 0 heterocycles. The predicted octanol–water partition coefficient (Wildman–Crippen LogP) is 2.73. The van der Waals surface area contributed by atoms with Gasteiger partial charge >= 0.3 is 0 Å². The summed E-state index contributed by atoms with van der Waals surface area (Å²) in [4.78, 5) is 37.5. The predicted molar refractivity (Wildman–Crippen MR) is 107 cm³/mol. The summed E-state index contributed by atoms with van der Waals surface area (Å²) in [5.74, 6) is -0.560. The number of nitro groups is 1. The monoisotopic (exact) mass is 383 g/mol. The lowest BCUT2D eigenvalue weighted by Gasteiger charge is -2.28. The van der Waals surface area contributed by atoms with Gasteiger partial charge < -0.3 is 10.2 Å². The molecule has 0 saturated carbocycles. The van der Waals surface area contributed by atoms with Crippen molar-refractivity contribution in [2.75, 3.05) is 13.1 Å². The van der Waals surface area contributed by atoms with E-state index in [1.165, 1.54) is 11.0 Å². The minimum Gasteiger partial charge on any atom is -0.355 e. The van der Waals surface area contributed by atoms with E-state index in [1.807, 2.05) is 37.3 Å². The van der Waals surface area contributed by atoms with Gasteiger partial charge in [0.05, 0.1) is 11.3 Å². The fourth-order valence-electron chi connectivity index (χ4n) is 2.99. The van der Waals surface area contributed by atoms with Crippen LogP contribution in [0.4, 0.5) is 5.69 Å². The highest BCUT2D eigenvalue weighted by molar-refractivity contribution is 5.88. The van der Waals surface area contributed by atoms with Crippen LogP contribution in [0.2, 0.25) is 0 Å². The van der Waals surface area contributed by atoms with Crippen molar-refractivity contribution in [3.05, 3.63) is 75.8 Å². The molecule has 148 valence electrons. The van der Waals surface area contributed by atoms with E-state index >= 15 is 0 Å². The van der Waals surface area contributed by atoms with Crippen LogP contribution in [0.15, 0.2) is 54.6 Å². The second-order valence-corrected chi connectivity index (χ2v) is 6.46. The van der Waals surface area contributed by atoms with E-state index in [4.69, 9.17) is 0 Å². The topological polar surface area (TPSA) is 92.6 Å². The summed E-state index contributed by atoms with van der Waals surface area (Å²) in [6.45, 7) is 4.30.